The monoisotopic (exact) mass is 735 g/mol. The van der Waals surface area contributed by atoms with E-state index < -0.39 is 0 Å². The average Bonchev–Trinajstić information content (AvgIpc) is 3.00. The van der Waals surface area contributed by atoms with Crippen LogP contribution in [0.3, 0.4) is 0 Å². The Balaban J connectivity index is -0.000000459. The third kappa shape index (κ3) is 19.2. The third-order valence-corrected chi connectivity index (χ3v) is 7.90. The molecule has 4 heteroatoms. The molecule has 0 aliphatic rings. The number of nitrogens with zero attached hydrogens (tertiary/aromatic N) is 3. The molecule has 0 bridgehead atoms. The van der Waals surface area contributed by atoms with Gasteiger partial charge in [0.05, 0.1) is 22.8 Å². The molecule has 0 aromatic heterocycles. The quantitative estimate of drug-likeness (QED) is 0.0902. The maximum atomic E-state index is 7.44. The SMILES string of the molecule is C/C=C/CCC(CC)CC.C=C.CC(=Nc1c(C(C)C)cccc1C(C)C)C(C)=Nc1c(C(C)C)cccc1C(C)C.CC=[N-].[CH3-].[Pd+2]. The van der Waals surface area contributed by atoms with Gasteiger partial charge in [-0.1, -0.05) is 138 Å². The Hall–Kier alpha value is -2.41. The fraction of sp³-hybridized carbons (Fsp3) is 0.535. The number of hydrogen-bond donors (Lipinski definition) is 0. The first kappa shape index (κ1) is 51.4. The van der Waals surface area contributed by atoms with Crippen molar-refractivity contribution in [2.45, 2.75) is 146 Å². The molecule has 2 rings (SSSR count). The van der Waals surface area contributed by atoms with E-state index in [1.165, 1.54) is 47.9 Å². The molecule has 0 unspecified atom stereocenters. The first-order chi connectivity index (χ1) is 21.3. The van der Waals surface area contributed by atoms with Gasteiger partial charge in [-0.15, -0.1) is 13.2 Å². The smallest absolute Gasteiger partial charge is 0.814 e. The fourth-order valence-corrected chi connectivity index (χ4v) is 4.97. The number of aliphatic imine (C=N–C) groups is 2. The van der Waals surface area contributed by atoms with Crippen LogP contribution in [0.15, 0.2) is 71.7 Å². The summed E-state index contributed by atoms with van der Waals surface area (Å²) in [7, 11) is 0. The van der Waals surface area contributed by atoms with Crippen molar-refractivity contribution < 1.29 is 20.4 Å². The molecule has 0 radical (unpaired) electrons. The number of benzene rings is 2. The van der Waals surface area contributed by atoms with Gasteiger partial charge in [-0.3, -0.25) is 9.98 Å². The van der Waals surface area contributed by atoms with Crippen LogP contribution in [0.4, 0.5) is 11.4 Å². The van der Waals surface area contributed by atoms with Crippen molar-refractivity contribution in [2.75, 3.05) is 0 Å². The van der Waals surface area contributed by atoms with E-state index in [0.717, 1.165) is 34.9 Å². The van der Waals surface area contributed by atoms with Crippen LogP contribution in [0.25, 0.3) is 5.41 Å². The maximum Gasteiger partial charge on any atom is 2.00 e. The molecule has 0 amide bonds. The Morgan fingerprint density at radius 1 is 0.681 bits per heavy atom. The normalized spacial score (nSPS) is 11.3. The zero-order valence-corrected chi connectivity index (χ0v) is 34.5. The summed E-state index contributed by atoms with van der Waals surface area (Å²) in [6.45, 7) is 36.3. The minimum atomic E-state index is 0. The van der Waals surface area contributed by atoms with Crippen LogP contribution in [0.5, 0.6) is 0 Å². The van der Waals surface area contributed by atoms with Crippen LogP contribution in [0, 0.1) is 13.3 Å². The van der Waals surface area contributed by atoms with Crippen molar-refractivity contribution in [1.29, 1.82) is 0 Å². The molecule has 47 heavy (non-hydrogen) atoms. The summed E-state index contributed by atoms with van der Waals surface area (Å²) in [5.74, 6) is 2.68. The average molecular weight is 736 g/mol. The predicted octanol–water partition coefficient (Wildman–Crippen LogP) is 14.7. The van der Waals surface area contributed by atoms with E-state index in [2.05, 4.69) is 152 Å². The summed E-state index contributed by atoms with van der Waals surface area (Å²) >= 11 is 0. The molecule has 0 saturated carbocycles. The van der Waals surface area contributed by atoms with E-state index in [0.29, 0.717) is 23.7 Å². The van der Waals surface area contributed by atoms with Crippen LogP contribution in [0.2, 0.25) is 0 Å². The molecule has 0 aliphatic heterocycles. The van der Waals surface area contributed by atoms with E-state index in [1.54, 1.807) is 6.92 Å². The zero-order valence-electron chi connectivity index (χ0n) is 33.0. The first-order valence-corrected chi connectivity index (χ1v) is 17.2. The second-order valence-electron chi connectivity index (χ2n) is 12.7. The minimum Gasteiger partial charge on any atom is -0.814 e. The molecule has 0 spiro atoms. The largest absolute Gasteiger partial charge is 2.00 e. The van der Waals surface area contributed by atoms with E-state index in [4.69, 9.17) is 15.4 Å². The molecular formula is C43H71N3Pd. The molecule has 3 nitrogen and oxygen atoms in total. The second-order valence-corrected chi connectivity index (χ2v) is 12.7. The van der Waals surface area contributed by atoms with Crippen molar-refractivity contribution >= 4 is 29.0 Å². The van der Waals surface area contributed by atoms with E-state index in [-0.39, 0.29) is 27.8 Å². The topological polar surface area (TPSA) is 47.0 Å². The molecule has 0 saturated heterocycles. The Morgan fingerprint density at radius 3 is 1.17 bits per heavy atom. The van der Waals surface area contributed by atoms with Gasteiger partial charge in [0.15, 0.2) is 0 Å². The zero-order chi connectivity index (χ0) is 35.1. The fourth-order valence-electron chi connectivity index (χ4n) is 4.97. The molecule has 0 fully saturated rings. The van der Waals surface area contributed by atoms with Gasteiger partial charge >= 0.3 is 20.4 Å². The predicted molar refractivity (Wildman–Crippen MR) is 216 cm³/mol. The maximum absolute atomic E-state index is 7.44. The van der Waals surface area contributed by atoms with Crippen molar-refractivity contribution in [3.05, 3.63) is 96.8 Å². The van der Waals surface area contributed by atoms with Gasteiger partial charge in [0.25, 0.3) is 0 Å². The standard InChI is InChI=1S/C28H40N2.C10H20.C2H4N.C2H4.CH3.Pd/c1-17(2)23-13-11-14-24(18(3)4)27(23)29-21(9)22(10)30-28-25(19(5)6)15-12-16-26(28)20(7)8;1-4-7-8-9-10(5-2)6-3;1-2-3;1-2;;/h11-20H,1-10H3;4,7,10H,5-6,8-9H2,1-3H3;2H,1H3;1-2H2;1H3;/q;;-1;;-1;+2/b;7-4+;;;;. The van der Waals surface area contributed by atoms with E-state index in [1.807, 2.05) is 0 Å². The molecule has 268 valence electrons. The Kier molecular flexibility index (Phi) is 32.5. The molecule has 0 N–H and O–H groups in total. The van der Waals surface area contributed by atoms with Gasteiger partial charge in [0, 0.05) is 0 Å². The summed E-state index contributed by atoms with van der Waals surface area (Å²) < 4.78 is 0. The third-order valence-electron chi connectivity index (χ3n) is 7.90. The molecule has 2 aromatic rings. The Morgan fingerprint density at radius 2 is 0.957 bits per heavy atom. The van der Waals surface area contributed by atoms with E-state index >= 15 is 0 Å². The Bertz CT molecular complexity index is 1050. The summed E-state index contributed by atoms with van der Waals surface area (Å²) in [5, 5.41) is 7.44. The van der Waals surface area contributed by atoms with Gasteiger partial charge in [0.2, 0.25) is 0 Å². The summed E-state index contributed by atoms with van der Waals surface area (Å²) in [4.78, 5) is 10.3. The number of allylic oxidation sites excluding steroid dienone is 2. The molecular weight excluding hydrogens is 665 g/mol. The molecule has 2 aromatic carbocycles. The first-order valence-electron chi connectivity index (χ1n) is 17.2. The number of rotatable bonds is 12. The van der Waals surface area contributed by atoms with Gasteiger partial charge in [-0.25, -0.2) is 6.21 Å². The van der Waals surface area contributed by atoms with Crippen LogP contribution >= 0.6 is 0 Å². The number of para-hydroxylation sites is 2. The van der Waals surface area contributed by atoms with Crippen molar-refractivity contribution in [3.63, 3.8) is 0 Å². The van der Waals surface area contributed by atoms with Crippen molar-refractivity contribution in [2.24, 2.45) is 15.9 Å². The van der Waals surface area contributed by atoms with Crippen LogP contribution in [-0.2, 0) is 20.4 Å². The van der Waals surface area contributed by atoms with Gasteiger partial charge in [-0.05, 0) is 85.5 Å². The summed E-state index contributed by atoms with van der Waals surface area (Å²) in [5.41, 5.74) is 9.43. The second kappa shape index (κ2) is 29.7. The van der Waals surface area contributed by atoms with Crippen molar-refractivity contribution in [1.82, 2.24) is 0 Å². The van der Waals surface area contributed by atoms with E-state index in [9.17, 15) is 0 Å². The van der Waals surface area contributed by atoms with Crippen LogP contribution in [0.1, 0.15) is 169 Å². The van der Waals surface area contributed by atoms with Gasteiger partial charge < -0.3 is 12.8 Å². The van der Waals surface area contributed by atoms with Gasteiger partial charge in [-0.2, -0.15) is 0 Å². The van der Waals surface area contributed by atoms with Crippen LogP contribution < -0.4 is 0 Å². The molecule has 0 atom stereocenters. The molecule has 0 aliphatic carbocycles. The van der Waals surface area contributed by atoms with Crippen LogP contribution in [-0.4, -0.2) is 17.6 Å². The summed E-state index contributed by atoms with van der Waals surface area (Å²) in [6.07, 6.45) is 10.7. The minimum absolute atomic E-state index is 0. The number of hydrogen-bond acceptors (Lipinski definition) is 2. The van der Waals surface area contributed by atoms with Gasteiger partial charge in [0.1, 0.15) is 0 Å². The molecule has 0 heterocycles. The summed E-state index contributed by atoms with van der Waals surface area (Å²) in [6, 6.07) is 13.2. The Labute approximate surface area is 307 Å². The van der Waals surface area contributed by atoms with Crippen molar-refractivity contribution in [3.8, 4) is 0 Å².